The molecule has 0 saturated carbocycles. The molecule has 0 spiro atoms. The maximum atomic E-state index is 12.7. The molecule has 0 aliphatic carbocycles. The van der Waals surface area contributed by atoms with Gasteiger partial charge in [0.05, 0.1) is 28.4 Å². The summed E-state index contributed by atoms with van der Waals surface area (Å²) in [6, 6.07) is 8.66. The minimum Gasteiger partial charge on any atom is -0.495 e. The molecule has 0 bridgehead atoms. The van der Waals surface area contributed by atoms with Gasteiger partial charge in [-0.25, -0.2) is 14.5 Å². The van der Waals surface area contributed by atoms with E-state index in [0.717, 1.165) is 17.5 Å². The van der Waals surface area contributed by atoms with Crippen LogP contribution in [-0.2, 0) is 9.53 Å². The van der Waals surface area contributed by atoms with Gasteiger partial charge >= 0.3 is 5.97 Å². The van der Waals surface area contributed by atoms with Crippen molar-refractivity contribution in [3.63, 3.8) is 0 Å². The zero-order chi connectivity index (χ0) is 24.3. The van der Waals surface area contributed by atoms with Crippen LogP contribution in [0.4, 0.5) is 11.4 Å². The number of nitrogens with one attached hydrogen (secondary N) is 1. The monoisotopic (exact) mass is 473 g/mol. The lowest BCUT2D eigenvalue weighted by atomic mass is 10.2. The Hall–Kier alpha value is -3.99. The number of amides is 1. The summed E-state index contributed by atoms with van der Waals surface area (Å²) < 4.78 is 11.9. The second kappa shape index (κ2) is 9.65. The molecule has 0 fully saturated rings. The zero-order valence-corrected chi connectivity index (χ0v) is 18.9. The molecule has 1 atom stereocenters. The lowest BCUT2D eigenvalue weighted by molar-refractivity contribution is -0.384. The van der Waals surface area contributed by atoms with Crippen molar-refractivity contribution < 1.29 is 24.0 Å². The van der Waals surface area contributed by atoms with Crippen molar-refractivity contribution in [3.8, 4) is 11.6 Å². The van der Waals surface area contributed by atoms with Gasteiger partial charge in [0.15, 0.2) is 17.6 Å². The average molecular weight is 474 g/mol. The van der Waals surface area contributed by atoms with Gasteiger partial charge in [-0.2, -0.15) is 5.10 Å². The van der Waals surface area contributed by atoms with Crippen LogP contribution in [0.15, 0.2) is 36.4 Å². The Morgan fingerprint density at radius 2 is 1.94 bits per heavy atom. The number of hydrogen-bond acceptors (Lipinski definition) is 8. The number of halogens is 1. The number of ether oxygens (including phenoxy) is 2. The van der Waals surface area contributed by atoms with Crippen molar-refractivity contribution in [1.29, 1.82) is 0 Å². The molecule has 2 heterocycles. The molecule has 11 nitrogen and oxygen atoms in total. The van der Waals surface area contributed by atoms with Gasteiger partial charge < -0.3 is 14.8 Å². The first-order valence-electron chi connectivity index (χ1n) is 9.65. The van der Waals surface area contributed by atoms with Crippen molar-refractivity contribution in [2.45, 2.75) is 26.9 Å². The molecule has 12 heteroatoms. The number of nitro groups is 1. The Kier molecular flexibility index (Phi) is 6.92. The lowest BCUT2D eigenvalue weighted by Crippen LogP contribution is -2.30. The summed E-state index contributed by atoms with van der Waals surface area (Å²) in [6.45, 7) is 5.00. The smallest absolute Gasteiger partial charge is 0.359 e. The molecule has 172 valence electrons. The van der Waals surface area contributed by atoms with Gasteiger partial charge in [0.25, 0.3) is 11.6 Å². The van der Waals surface area contributed by atoms with Gasteiger partial charge in [-0.15, -0.1) is 0 Å². The van der Waals surface area contributed by atoms with Gasteiger partial charge in [-0.1, -0.05) is 11.6 Å². The number of hydrogen-bond donors (Lipinski definition) is 1. The van der Waals surface area contributed by atoms with Gasteiger partial charge in [-0.05, 0) is 45.0 Å². The van der Waals surface area contributed by atoms with E-state index in [1.165, 1.54) is 32.2 Å². The summed E-state index contributed by atoms with van der Waals surface area (Å²) in [4.78, 5) is 39.9. The molecule has 3 aromatic rings. The molecule has 3 rings (SSSR count). The molecule has 0 radical (unpaired) electrons. The van der Waals surface area contributed by atoms with Crippen LogP contribution in [-0.4, -0.2) is 44.8 Å². The maximum absolute atomic E-state index is 12.7. The topological polar surface area (TPSA) is 138 Å². The number of carbonyl (C=O) groups excluding carboxylic acids is 2. The van der Waals surface area contributed by atoms with E-state index < -0.39 is 22.9 Å². The summed E-state index contributed by atoms with van der Waals surface area (Å²) in [5.41, 5.74) is 1.21. The fraction of sp³-hybridized carbons (Fsp3) is 0.238. The van der Waals surface area contributed by atoms with Crippen LogP contribution < -0.4 is 10.1 Å². The molecule has 1 amide bonds. The summed E-state index contributed by atoms with van der Waals surface area (Å²) >= 11 is 6.13. The van der Waals surface area contributed by atoms with E-state index in [0.29, 0.717) is 5.82 Å². The van der Waals surface area contributed by atoms with E-state index in [1.807, 2.05) is 19.9 Å². The van der Waals surface area contributed by atoms with Crippen LogP contribution in [0.2, 0.25) is 5.02 Å². The molecule has 33 heavy (non-hydrogen) atoms. The predicted octanol–water partition coefficient (Wildman–Crippen LogP) is 3.64. The standard InChI is InChI=1S/C21H20ClN5O6/c1-11-9-12(2)26(25-11)18-8-6-15(22)19(24-18)21(29)33-13(3)20(28)23-16-10-14(27(30)31)5-7-17(16)32-4/h5-10,13H,1-4H3,(H,23,28). The fourth-order valence-electron chi connectivity index (χ4n) is 2.97. The number of esters is 1. The van der Waals surface area contributed by atoms with Crippen LogP contribution >= 0.6 is 11.6 Å². The SMILES string of the molecule is COc1ccc([N+](=O)[O-])cc1NC(=O)C(C)OC(=O)c1nc(-n2nc(C)cc2C)ccc1Cl. The summed E-state index contributed by atoms with van der Waals surface area (Å²) in [5, 5.41) is 17.8. The zero-order valence-electron chi connectivity index (χ0n) is 18.2. The molecular formula is C21H20ClN5O6. The third-order valence-electron chi connectivity index (χ3n) is 4.56. The first kappa shape index (κ1) is 23.7. The van der Waals surface area contributed by atoms with E-state index >= 15 is 0 Å². The predicted molar refractivity (Wildman–Crippen MR) is 119 cm³/mol. The third-order valence-corrected chi connectivity index (χ3v) is 4.86. The van der Waals surface area contributed by atoms with Crippen LogP contribution in [0.1, 0.15) is 28.8 Å². The Labute approximate surface area is 193 Å². The van der Waals surface area contributed by atoms with E-state index in [1.54, 1.807) is 10.7 Å². The molecule has 0 saturated heterocycles. The number of aromatic nitrogens is 3. The number of anilines is 1. The molecule has 0 aliphatic rings. The molecule has 1 N–H and O–H groups in total. The van der Waals surface area contributed by atoms with E-state index in [-0.39, 0.29) is 27.8 Å². The Morgan fingerprint density at radius 1 is 1.21 bits per heavy atom. The van der Waals surface area contributed by atoms with Crippen molar-refractivity contribution in [1.82, 2.24) is 14.8 Å². The second-order valence-corrected chi connectivity index (χ2v) is 7.42. The van der Waals surface area contributed by atoms with E-state index in [4.69, 9.17) is 21.1 Å². The highest BCUT2D eigenvalue weighted by atomic mass is 35.5. The van der Waals surface area contributed by atoms with Crippen molar-refractivity contribution in [2.75, 3.05) is 12.4 Å². The number of nitro benzene ring substituents is 1. The van der Waals surface area contributed by atoms with Gasteiger partial charge in [0, 0.05) is 17.8 Å². The minimum atomic E-state index is -1.27. The average Bonchev–Trinajstić information content (AvgIpc) is 3.11. The number of rotatable bonds is 7. The molecule has 1 aromatic carbocycles. The number of aryl methyl sites for hydroxylation is 2. The second-order valence-electron chi connectivity index (χ2n) is 7.02. The van der Waals surface area contributed by atoms with Crippen LogP contribution in [0.3, 0.4) is 0 Å². The van der Waals surface area contributed by atoms with Crippen molar-refractivity contribution in [2.24, 2.45) is 0 Å². The first-order chi connectivity index (χ1) is 15.6. The number of pyridine rings is 1. The normalized spacial score (nSPS) is 11.5. The molecule has 2 aromatic heterocycles. The quantitative estimate of drug-likeness (QED) is 0.311. The van der Waals surface area contributed by atoms with E-state index in [9.17, 15) is 19.7 Å². The van der Waals surface area contributed by atoms with Gasteiger partial charge in [0.1, 0.15) is 5.75 Å². The van der Waals surface area contributed by atoms with Gasteiger partial charge in [-0.3, -0.25) is 14.9 Å². The third kappa shape index (κ3) is 5.26. The molecular weight excluding hydrogens is 454 g/mol. The van der Waals surface area contributed by atoms with E-state index in [2.05, 4.69) is 15.4 Å². The van der Waals surface area contributed by atoms with Crippen molar-refractivity contribution in [3.05, 3.63) is 68.6 Å². The number of methoxy groups -OCH3 is 1. The minimum absolute atomic E-state index is 0.0400. The Balaban J connectivity index is 1.78. The highest BCUT2D eigenvalue weighted by molar-refractivity contribution is 6.33. The summed E-state index contributed by atoms with van der Waals surface area (Å²) in [6.07, 6.45) is -1.27. The summed E-state index contributed by atoms with van der Waals surface area (Å²) in [5.74, 6) is -1.09. The number of non-ortho nitro benzene ring substituents is 1. The number of nitrogens with zero attached hydrogens (tertiary/aromatic N) is 4. The number of benzene rings is 1. The van der Waals surface area contributed by atoms with Crippen molar-refractivity contribution >= 4 is 34.9 Å². The first-order valence-corrected chi connectivity index (χ1v) is 10.0. The largest absolute Gasteiger partial charge is 0.495 e. The fourth-order valence-corrected chi connectivity index (χ4v) is 3.15. The Bertz CT molecular complexity index is 1240. The number of carbonyl (C=O) groups is 2. The molecule has 1 unspecified atom stereocenters. The summed E-state index contributed by atoms with van der Waals surface area (Å²) in [7, 11) is 1.35. The maximum Gasteiger partial charge on any atom is 0.359 e. The van der Waals surface area contributed by atoms with Gasteiger partial charge in [0.2, 0.25) is 0 Å². The lowest BCUT2D eigenvalue weighted by Gasteiger charge is -2.15. The highest BCUT2D eigenvalue weighted by Gasteiger charge is 2.24. The Morgan fingerprint density at radius 3 is 2.55 bits per heavy atom. The highest BCUT2D eigenvalue weighted by Crippen LogP contribution is 2.29. The van der Waals surface area contributed by atoms with Crippen LogP contribution in [0.25, 0.3) is 5.82 Å². The van der Waals surface area contributed by atoms with Crippen LogP contribution in [0, 0.1) is 24.0 Å². The molecule has 0 aliphatic heterocycles. The van der Waals surface area contributed by atoms with Crippen LogP contribution in [0.5, 0.6) is 5.75 Å².